The highest BCUT2D eigenvalue weighted by Crippen LogP contribution is 2.23. The first-order valence-electron chi connectivity index (χ1n) is 6.25. The monoisotopic (exact) mass is 293 g/mol. The molecule has 1 amide bonds. The van der Waals surface area contributed by atoms with Gasteiger partial charge in [-0.05, 0) is 18.1 Å². The maximum Gasteiger partial charge on any atom is 0.239 e. The summed E-state index contributed by atoms with van der Waals surface area (Å²) in [5, 5.41) is 10.5. The van der Waals surface area contributed by atoms with Gasteiger partial charge >= 0.3 is 0 Å². The molecule has 0 radical (unpaired) electrons. The summed E-state index contributed by atoms with van der Waals surface area (Å²) in [6.45, 7) is 1.46. The van der Waals surface area contributed by atoms with E-state index in [1.165, 1.54) is 0 Å². The fraction of sp³-hybridized carbons (Fsp3) is 0.385. The van der Waals surface area contributed by atoms with E-state index in [0.29, 0.717) is 5.69 Å². The zero-order valence-electron chi connectivity index (χ0n) is 11.0. The Hall–Kier alpha value is -1.91. The molecule has 0 aromatic heterocycles. The lowest BCUT2D eigenvalue weighted by Crippen LogP contribution is -2.40. The summed E-state index contributed by atoms with van der Waals surface area (Å²) < 4.78 is 25.8. The first-order chi connectivity index (χ1) is 9.48. The van der Waals surface area contributed by atoms with Crippen LogP contribution in [0.3, 0.4) is 0 Å². The molecule has 1 atom stereocenters. The Labute approximate surface area is 118 Å². The number of nitrogens with zero attached hydrogens (tertiary/aromatic N) is 2. The van der Waals surface area contributed by atoms with E-state index in [4.69, 9.17) is 5.26 Å². The molecule has 1 aromatic carbocycles. The molecule has 20 heavy (non-hydrogen) atoms. The van der Waals surface area contributed by atoms with Crippen molar-refractivity contribution < 1.29 is 13.2 Å². The van der Waals surface area contributed by atoms with E-state index < -0.39 is 21.2 Å². The van der Waals surface area contributed by atoms with Crippen molar-refractivity contribution in [2.75, 3.05) is 11.9 Å². The minimum atomic E-state index is -3.81. The van der Waals surface area contributed by atoms with Gasteiger partial charge in [-0.1, -0.05) is 25.1 Å². The van der Waals surface area contributed by atoms with E-state index in [2.05, 4.69) is 5.32 Å². The van der Waals surface area contributed by atoms with Crippen LogP contribution >= 0.6 is 0 Å². The third-order valence-corrected chi connectivity index (χ3v) is 5.33. The lowest BCUT2D eigenvalue weighted by atomic mass is 10.2. The molecule has 0 saturated carbocycles. The van der Waals surface area contributed by atoms with Gasteiger partial charge in [-0.25, -0.2) is 8.42 Å². The van der Waals surface area contributed by atoms with E-state index in [1.54, 1.807) is 37.3 Å². The van der Waals surface area contributed by atoms with Crippen LogP contribution in [-0.4, -0.2) is 30.4 Å². The maximum atomic E-state index is 12.4. The summed E-state index contributed by atoms with van der Waals surface area (Å²) in [7, 11) is -3.81. The first kappa shape index (κ1) is 14.5. The lowest BCUT2D eigenvalue weighted by molar-refractivity contribution is -0.116. The number of hydrogen-bond donors (Lipinski definition) is 1. The highest BCUT2D eigenvalue weighted by atomic mass is 32.2. The Balaban J connectivity index is 2.40. The van der Waals surface area contributed by atoms with Gasteiger partial charge in [0.15, 0.2) is 5.25 Å². The number of rotatable bonds is 3. The number of para-hydroxylation sites is 1. The van der Waals surface area contributed by atoms with Crippen LogP contribution < -0.4 is 5.32 Å². The Kier molecular flexibility index (Phi) is 4.06. The molecule has 1 N–H and O–H groups in total. The van der Waals surface area contributed by atoms with Crippen molar-refractivity contribution in [3.05, 3.63) is 29.8 Å². The Bertz CT molecular complexity index is 664. The summed E-state index contributed by atoms with van der Waals surface area (Å²) in [4.78, 5) is 11.8. The first-order valence-corrected chi connectivity index (χ1v) is 7.75. The minimum absolute atomic E-state index is 0.0927. The Morgan fingerprint density at radius 2 is 2.10 bits per heavy atom. The predicted molar refractivity (Wildman–Crippen MR) is 74.1 cm³/mol. The molecule has 0 fully saturated rings. The molecule has 0 spiro atoms. The average molecular weight is 293 g/mol. The number of carbonyl (C=O) groups excluding carboxylic acids is 1. The van der Waals surface area contributed by atoms with Crippen molar-refractivity contribution in [3.63, 3.8) is 0 Å². The van der Waals surface area contributed by atoms with Gasteiger partial charge in [0.25, 0.3) is 0 Å². The highest BCUT2D eigenvalue weighted by Gasteiger charge is 2.34. The Morgan fingerprint density at radius 1 is 1.40 bits per heavy atom. The molecule has 1 aliphatic rings. The van der Waals surface area contributed by atoms with Crippen LogP contribution in [0.1, 0.15) is 18.9 Å². The topological polar surface area (TPSA) is 90.3 Å². The molecule has 0 aliphatic carbocycles. The van der Waals surface area contributed by atoms with Crippen LogP contribution in [0.5, 0.6) is 0 Å². The fourth-order valence-electron chi connectivity index (χ4n) is 2.10. The number of fused-ring (bicyclic) bond motifs is 1. The number of nitrogens with one attached hydrogen (secondary N) is 1. The normalized spacial score (nSPS) is 17.5. The summed E-state index contributed by atoms with van der Waals surface area (Å²) in [6, 6.07) is 8.83. The summed E-state index contributed by atoms with van der Waals surface area (Å²) >= 11 is 0. The zero-order chi connectivity index (χ0) is 14.8. The predicted octanol–water partition coefficient (Wildman–Crippen LogP) is 1.07. The van der Waals surface area contributed by atoms with Gasteiger partial charge in [0, 0.05) is 12.2 Å². The third kappa shape index (κ3) is 2.66. The number of sulfonamides is 1. The summed E-state index contributed by atoms with van der Waals surface area (Å²) in [6.07, 6.45) is 0.193. The number of amides is 1. The molecule has 0 bridgehead atoms. The van der Waals surface area contributed by atoms with Gasteiger partial charge in [-0.3, -0.25) is 4.79 Å². The van der Waals surface area contributed by atoms with Crippen LogP contribution in [0.15, 0.2) is 24.3 Å². The fourth-order valence-corrected chi connectivity index (χ4v) is 3.63. The van der Waals surface area contributed by atoms with Crippen LogP contribution in [0.4, 0.5) is 5.69 Å². The number of benzene rings is 1. The molecule has 2 rings (SSSR count). The molecule has 0 saturated heterocycles. The van der Waals surface area contributed by atoms with Gasteiger partial charge < -0.3 is 5.32 Å². The standard InChI is InChI=1S/C13H15N3O3S/c1-2-11(7-14)20(18,19)16-8-10-5-3-4-6-12(10)15-13(17)9-16/h3-6,11H,2,8-9H2,1H3,(H,15,17). The number of hydrogen-bond acceptors (Lipinski definition) is 4. The second-order valence-electron chi connectivity index (χ2n) is 4.54. The van der Waals surface area contributed by atoms with Crippen LogP contribution in [-0.2, 0) is 21.4 Å². The molecule has 1 aliphatic heterocycles. The van der Waals surface area contributed by atoms with Crippen LogP contribution in [0.2, 0.25) is 0 Å². The highest BCUT2D eigenvalue weighted by molar-refractivity contribution is 7.90. The molecule has 1 unspecified atom stereocenters. The van der Waals surface area contributed by atoms with Crippen molar-refractivity contribution >= 4 is 21.6 Å². The number of carbonyl (C=O) groups is 1. The second kappa shape index (κ2) is 5.61. The Morgan fingerprint density at radius 3 is 2.75 bits per heavy atom. The van der Waals surface area contributed by atoms with Crippen LogP contribution in [0.25, 0.3) is 0 Å². The molecule has 1 aromatic rings. The quantitative estimate of drug-likeness (QED) is 0.902. The average Bonchev–Trinajstić information content (AvgIpc) is 2.58. The van der Waals surface area contributed by atoms with Crippen LogP contribution in [0, 0.1) is 11.3 Å². The van der Waals surface area contributed by atoms with Gasteiger partial charge in [0.05, 0.1) is 12.6 Å². The second-order valence-corrected chi connectivity index (χ2v) is 6.66. The van der Waals surface area contributed by atoms with Crippen molar-refractivity contribution in [2.24, 2.45) is 0 Å². The zero-order valence-corrected chi connectivity index (χ0v) is 11.9. The third-order valence-electron chi connectivity index (χ3n) is 3.19. The van der Waals surface area contributed by atoms with Gasteiger partial charge in [0.2, 0.25) is 15.9 Å². The SMILES string of the molecule is CCC(C#N)S(=O)(=O)N1CC(=O)Nc2ccccc2C1. The smallest absolute Gasteiger partial charge is 0.239 e. The lowest BCUT2D eigenvalue weighted by Gasteiger charge is -2.21. The minimum Gasteiger partial charge on any atom is -0.325 e. The molecule has 6 nitrogen and oxygen atoms in total. The maximum absolute atomic E-state index is 12.4. The van der Waals surface area contributed by atoms with Crippen molar-refractivity contribution in [1.29, 1.82) is 5.26 Å². The molecule has 7 heteroatoms. The van der Waals surface area contributed by atoms with Gasteiger partial charge in [0.1, 0.15) is 0 Å². The molecule has 106 valence electrons. The van der Waals surface area contributed by atoms with E-state index in [9.17, 15) is 13.2 Å². The van der Waals surface area contributed by atoms with Crippen molar-refractivity contribution in [1.82, 2.24) is 4.31 Å². The summed E-state index contributed by atoms with van der Waals surface area (Å²) in [5.41, 5.74) is 1.33. The number of nitriles is 1. The van der Waals surface area contributed by atoms with E-state index >= 15 is 0 Å². The van der Waals surface area contributed by atoms with E-state index in [-0.39, 0.29) is 19.5 Å². The molecule has 1 heterocycles. The summed E-state index contributed by atoms with van der Waals surface area (Å²) in [5.74, 6) is -0.397. The van der Waals surface area contributed by atoms with Gasteiger partial charge in [-0.15, -0.1) is 0 Å². The van der Waals surface area contributed by atoms with E-state index in [0.717, 1.165) is 9.87 Å². The molecular weight excluding hydrogens is 278 g/mol. The largest absolute Gasteiger partial charge is 0.325 e. The van der Waals surface area contributed by atoms with Crippen molar-refractivity contribution in [2.45, 2.75) is 25.1 Å². The van der Waals surface area contributed by atoms with Gasteiger partial charge in [-0.2, -0.15) is 9.57 Å². The molecular formula is C13H15N3O3S. The van der Waals surface area contributed by atoms with E-state index in [1.807, 2.05) is 0 Å². The van der Waals surface area contributed by atoms with Crippen molar-refractivity contribution in [3.8, 4) is 6.07 Å². The number of anilines is 1.